The minimum atomic E-state index is -0.430. The zero-order valence-electron chi connectivity index (χ0n) is 15.7. The van der Waals surface area contributed by atoms with Crippen LogP contribution in [0, 0.1) is 0 Å². The number of esters is 1. The molecule has 29 heavy (non-hydrogen) atoms. The highest BCUT2D eigenvalue weighted by molar-refractivity contribution is 7.15. The number of carbonyl (C=O) groups excluding carboxylic acids is 1. The molecular weight excluding hydrogens is 392 g/mol. The molecule has 0 radical (unpaired) electrons. The first kappa shape index (κ1) is 18.8. The maximum atomic E-state index is 12.7. The van der Waals surface area contributed by atoms with Crippen LogP contribution < -0.4 is 19.6 Å². The number of ether oxygens (including phenoxy) is 2. The van der Waals surface area contributed by atoms with Crippen LogP contribution in [0.1, 0.15) is 19.4 Å². The maximum absolute atomic E-state index is 12.7. The summed E-state index contributed by atoms with van der Waals surface area (Å²) in [5.41, 5.74) is 1.28. The van der Waals surface area contributed by atoms with Crippen LogP contribution in [0.2, 0.25) is 0 Å². The second-order valence-corrected chi connectivity index (χ2v) is 7.02. The van der Waals surface area contributed by atoms with E-state index in [4.69, 9.17) is 9.47 Å². The molecule has 0 bridgehead atoms. The molecule has 4 rings (SSSR count). The smallest absolute Gasteiger partial charge is 0.308 e. The number of carbonyl (C=O) groups is 1. The Morgan fingerprint density at radius 3 is 2.69 bits per heavy atom. The molecule has 0 N–H and O–H groups in total. The largest absolute Gasteiger partial charge is 0.490 e. The van der Waals surface area contributed by atoms with Gasteiger partial charge in [-0.05, 0) is 42.8 Å². The van der Waals surface area contributed by atoms with Gasteiger partial charge in [0.2, 0.25) is 4.96 Å². The second-order valence-electron chi connectivity index (χ2n) is 6.01. The van der Waals surface area contributed by atoms with Crippen molar-refractivity contribution in [3.05, 3.63) is 63.2 Å². The number of rotatable bonds is 5. The lowest BCUT2D eigenvalue weighted by atomic mass is 10.2. The number of fused-ring (bicyclic) bond motifs is 1. The van der Waals surface area contributed by atoms with Crippen molar-refractivity contribution in [3.8, 4) is 22.9 Å². The predicted octanol–water partition coefficient (Wildman–Crippen LogP) is 2.08. The van der Waals surface area contributed by atoms with Crippen LogP contribution in [-0.4, -0.2) is 32.2 Å². The van der Waals surface area contributed by atoms with Crippen LogP contribution in [0.5, 0.6) is 11.5 Å². The molecule has 0 saturated carbocycles. The van der Waals surface area contributed by atoms with Gasteiger partial charge in [0.05, 0.1) is 11.1 Å². The van der Waals surface area contributed by atoms with Crippen molar-refractivity contribution in [2.24, 2.45) is 0 Å². The van der Waals surface area contributed by atoms with Gasteiger partial charge in [-0.15, -0.1) is 5.10 Å². The Morgan fingerprint density at radius 2 is 2.00 bits per heavy atom. The van der Waals surface area contributed by atoms with E-state index in [-0.39, 0.29) is 5.56 Å². The third-order valence-electron chi connectivity index (χ3n) is 3.94. The normalized spacial score (nSPS) is 11.7. The molecule has 8 nitrogen and oxygen atoms in total. The fraction of sp³-hybridized carbons (Fsp3) is 0.150. The van der Waals surface area contributed by atoms with Crippen molar-refractivity contribution < 1.29 is 14.3 Å². The molecule has 0 aliphatic heterocycles. The van der Waals surface area contributed by atoms with Gasteiger partial charge in [0.25, 0.3) is 5.56 Å². The molecule has 0 fully saturated rings. The molecule has 0 amide bonds. The van der Waals surface area contributed by atoms with Crippen molar-refractivity contribution >= 4 is 28.3 Å². The van der Waals surface area contributed by atoms with E-state index in [0.29, 0.717) is 33.4 Å². The van der Waals surface area contributed by atoms with Gasteiger partial charge in [0.1, 0.15) is 0 Å². The highest BCUT2D eigenvalue weighted by atomic mass is 32.1. The van der Waals surface area contributed by atoms with Crippen LogP contribution in [0.3, 0.4) is 0 Å². The van der Waals surface area contributed by atoms with Crippen molar-refractivity contribution in [2.45, 2.75) is 13.8 Å². The van der Waals surface area contributed by atoms with Crippen molar-refractivity contribution in [3.63, 3.8) is 0 Å². The molecule has 3 heterocycles. The van der Waals surface area contributed by atoms with Crippen LogP contribution in [0.4, 0.5) is 0 Å². The number of benzene rings is 1. The monoisotopic (exact) mass is 408 g/mol. The van der Waals surface area contributed by atoms with Crippen LogP contribution in [-0.2, 0) is 4.79 Å². The molecule has 4 aromatic rings. The Morgan fingerprint density at radius 1 is 1.21 bits per heavy atom. The lowest BCUT2D eigenvalue weighted by Gasteiger charge is -2.10. The average Bonchev–Trinajstić information content (AvgIpc) is 3.24. The molecule has 0 saturated heterocycles. The summed E-state index contributed by atoms with van der Waals surface area (Å²) in [7, 11) is 0. The maximum Gasteiger partial charge on any atom is 0.308 e. The molecule has 3 aromatic heterocycles. The Bertz CT molecular complexity index is 1300. The zero-order valence-corrected chi connectivity index (χ0v) is 16.5. The summed E-state index contributed by atoms with van der Waals surface area (Å²) >= 11 is 1.25. The molecule has 0 aliphatic carbocycles. The van der Waals surface area contributed by atoms with Gasteiger partial charge in [0.15, 0.2) is 17.3 Å². The first-order valence-electron chi connectivity index (χ1n) is 8.82. The van der Waals surface area contributed by atoms with E-state index in [0.717, 1.165) is 11.1 Å². The van der Waals surface area contributed by atoms with Crippen LogP contribution in [0.25, 0.3) is 22.4 Å². The summed E-state index contributed by atoms with van der Waals surface area (Å²) in [4.78, 5) is 32.9. The third-order valence-corrected chi connectivity index (χ3v) is 4.90. The van der Waals surface area contributed by atoms with Gasteiger partial charge in [-0.25, -0.2) is 0 Å². The second kappa shape index (κ2) is 7.80. The first-order valence-corrected chi connectivity index (χ1v) is 9.63. The fourth-order valence-electron chi connectivity index (χ4n) is 2.73. The average molecular weight is 408 g/mol. The Balaban J connectivity index is 1.73. The summed E-state index contributed by atoms with van der Waals surface area (Å²) in [6.07, 6.45) is 5.03. The third kappa shape index (κ3) is 3.85. The number of nitrogens with zero attached hydrogens (tertiary/aromatic N) is 4. The highest BCUT2D eigenvalue weighted by Crippen LogP contribution is 2.29. The van der Waals surface area contributed by atoms with Gasteiger partial charge in [-0.2, -0.15) is 9.50 Å². The Kier molecular flexibility index (Phi) is 5.05. The van der Waals surface area contributed by atoms with E-state index in [1.807, 2.05) is 6.92 Å². The molecule has 0 spiro atoms. The van der Waals surface area contributed by atoms with E-state index in [9.17, 15) is 9.59 Å². The highest BCUT2D eigenvalue weighted by Gasteiger charge is 2.13. The Labute approximate surface area is 169 Å². The Hall–Kier alpha value is -3.59. The van der Waals surface area contributed by atoms with Crippen molar-refractivity contribution in [2.75, 3.05) is 6.61 Å². The van der Waals surface area contributed by atoms with Gasteiger partial charge in [0, 0.05) is 24.9 Å². The van der Waals surface area contributed by atoms with Crippen LogP contribution >= 0.6 is 11.3 Å². The molecule has 0 aliphatic rings. The van der Waals surface area contributed by atoms with Crippen molar-refractivity contribution in [1.29, 1.82) is 0 Å². The standard InChI is InChI=1S/C20H16N4O4S/c1-3-27-16-10-13(4-5-15(16)28-12(2)25)11-17-19(26)24-20(29-17)22-18(23-24)14-6-8-21-9-7-14/h4-11H,3H2,1-2H3. The minimum absolute atomic E-state index is 0.250. The van der Waals surface area contributed by atoms with E-state index >= 15 is 0 Å². The lowest BCUT2D eigenvalue weighted by Crippen LogP contribution is -2.23. The number of pyridine rings is 1. The number of thiazole rings is 1. The SMILES string of the molecule is CCOc1cc(C=c2sc3nc(-c4ccncc4)nn3c2=O)ccc1OC(C)=O. The predicted molar refractivity (Wildman–Crippen MR) is 108 cm³/mol. The van der Waals surface area contributed by atoms with Gasteiger partial charge in [-0.1, -0.05) is 17.4 Å². The quantitative estimate of drug-likeness (QED) is 0.368. The summed E-state index contributed by atoms with van der Waals surface area (Å²) in [6.45, 7) is 3.58. The van der Waals surface area contributed by atoms with Gasteiger partial charge < -0.3 is 9.47 Å². The summed E-state index contributed by atoms with van der Waals surface area (Å²) < 4.78 is 12.5. The van der Waals surface area contributed by atoms with Gasteiger partial charge >= 0.3 is 5.97 Å². The molecule has 9 heteroatoms. The van der Waals surface area contributed by atoms with E-state index in [2.05, 4.69) is 15.1 Å². The topological polar surface area (TPSA) is 95.7 Å². The van der Waals surface area contributed by atoms with E-state index in [1.165, 1.54) is 22.8 Å². The van der Waals surface area contributed by atoms with Gasteiger partial charge in [-0.3, -0.25) is 14.6 Å². The number of aromatic nitrogens is 4. The van der Waals surface area contributed by atoms with E-state index in [1.54, 1.807) is 48.8 Å². The molecule has 0 atom stereocenters. The fourth-order valence-corrected chi connectivity index (χ4v) is 3.64. The number of hydrogen-bond donors (Lipinski definition) is 0. The summed E-state index contributed by atoms with van der Waals surface area (Å²) in [5.74, 6) is 0.818. The minimum Gasteiger partial charge on any atom is -0.490 e. The molecule has 1 aromatic carbocycles. The summed E-state index contributed by atoms with van der Waals surface area (Å²) in [5, 5.41) is 4.31. The molecular formula is C20H16N4O4S. The number of hydrogen-bond acceptors (Lipinski definition) is 8. The van der Waals surface area contributed by atoms with Crippen molar-refractivity contribution in [1.82, 2.24) is 19.6 Å². The first-order chi connectivity index (χ1) is 14.0. The summed E-state index contributed by atoms with van der Waals surface area (Å²) in [6, 6.07) is 8.69. The molecule has 146 valence electrons. The van der Waals surface area contributed by atoms with E-state index < -0.39 is 5.97 Å². The van der Waals surface area contributed by atoms with Crippen LogP contribution in [0.15, 0.2) is 47.5 Å². The zero-order chi connectivity index (χ0) is 20.4. The molecule has 0 unspecified atom stereocenters. The lowest BCUT2D eigenvalue weighted by molar-refractivity contribution is -0.132.